The lowest BCUT2D eigenvalue weighted by atomic mass is 9.72. The van der Waals surface area contributed by atoms with Gasteiger partial charge in [-0.2, -0.15) is 0 Å². The Balaban J connectivity index is 2.95. The molecule has 0 fully saturated rings. The first-order valence-electron chi connectivity index (χ1n) is 10.4. The van der Waals surface area contributed by atoms with Crippen molar-refractivity contribution in [2.45, 2.75) is 86.0 Å². The van der Waals surface area contributed by atoms with E-state index >= 15 is 0 Å². The molecule has 0 heterocycles. The van der Waals surface area contributed by atoms with Crippen LogP contribution in [0.25, 0.3) is 0 Å². The first-order chi connectivity index (χ1) is 12.8. The summed E-state index contributed by atoms with van der Waals surface area (Å²) < 4.78 is 0. The highest BCUT2D eigenvalue weighted by molar-refractivity contribution is 5.81. The number of carboxylic acids is 1. The van der Waals surface area contributed by atoms with Gasteiger partial charge in [0.1, 0.15) is 0 Å². The van der Waals surface area contributed by atoms with E-state index in [2.05, 4.69) is 45.9 Å². The molecule has 0 atom stereocenters. The van der Waals surface area contributed by atoms with E-state index in [-0.39, 0.29) is 5.41 Å². The zero-order valence-corrected chi connectivity index (χ0v) is 18.0. The van der Waals surface area contributed by atoms with Gasteiger partial charge in [0.2, 0.25) is 0 Å². The van der Waals surface area contributed by atoms with Gasteiger partial charge in [-0.25, -0.2) is 4.79 Å². The van der Waals surface area contributed by atoms with Crippen LogP contribution in [0.2, 0.25) is 0 Å². The van der Waals surface area contributed by atoms with Crippen LogP contribution in [0.4, 0.5) is 0 Å². The zero-order valence-electron chi connectivity index (χ0n) is 18.0. The number of hydrogen-bond donors (Lipinski definition) is 1. The molecule has 0 amide bonds. The number of aliphatic carboxylic acids is 1. The van der Waals surface area contributed by atoms with Gasteiger partial charge in [-0.05, 0) is 68.1 Å². The fourth-order valence-corrected chi connectivity index (χ4v) is 3.75. The van der Waals surface area contributed by atoms with Crippen molar-refractivity contribution in [1.82, 2.24) is 0 Å². The molecule has 27 heavy (non-hydrogen) atoms. The van der Waals surface area contributed by atoms with Gasteiger partial charge in [0, 0.05) is 6.08 Å². The van der Waals surface area contributed by atoms with Crippen molar-refractivity contribution in [3.8, 4) is 0 Å². The summed E-state index contributed by atoms with van der Waals surface area (Å²) in [5.41, 5.74) is 5.32. The molecule has 150 valence electrons. The van der Waals surface area contributed by atoms with Gasteiger partial charge in [0.25, 0.3) is 0 Å². The molecule has 1 aliphatic carbocycles. The van der Waals surface area contributed by atoms with Gasteiger partial charge in [-0.15, -0.1) is 0 Å². The summed E-state index contributed by atoms with van der Waals surface area (Å²) in [7, 11) is 0. The molecule has 1 rings (SSSR count). The summed E-state index contributed by atoms with van der Waals surface area (Å²) >= 11 is 0. The van der Waals surface area contributed by atoms with Crippen molar-refractivity contribution < 1.29 is 9.90 Å². The van der Waals surface area contributed by atoms with Crippen molar-refractivity contribution in [3.05, 3.63) is 58.7 Å². The minimum Gasteiger partial charge on any atom is -0.478 e. The molecule has 0 aromatic carbocycles. The van der Waals surface area contributed by atoms with E-state index in [1.165, 1.54) is 67.7 Å². The van der Waals surface area contributed by atoms with E-state index in [1.54, 1.807) is 0 Å². The smallest absolute Gasteiger partial charge is 0.328 e. The van der Waals surface area contributed by atoms with E-state index in [4.69, 9.17) is 5.11 Å². The molecular weight excluding hydrogens is 332 g/mol. The number of carbonyl (C=O) groups is 1. The molecule has 0 bridgehead atoms. The Bertz CT molecular complexity index is 639. The van der Waals surface area contributed by atoms with Gasteiger partial charge < -0.3 is 5.11 Å². The summed E-state index contributed by atoms with van der Waals surface area (Å²) in [5, 5.41) is 8.82. The van der Waals surface area contributed by atoms with E-state index in [0.717, 1.165) is 12.0 Å². The molecule has 0 aromatic rings. The maximum Gasteiger partial charge on any atom is 0.328 e. The second-order valence-electron chi connectivity index (χ2n) is 8.40. The highest BCUT2D eigenvalue weighted by atomic mass is 16.4. The van der Waals surface area contributed by atoms with Gasteiger partial charge in [-0.1, -0.05) is 76.0 Å². The largest absolute Gasteiger partial charge is 0.478 e. The molecule has 0 spiro atoms. The molecule has 1 aliphatic rings. The molecule has 0 saturated carbocycles. The number of allylic oxidation sites excluding steroid dienone is 9. The van der Waals surface area contributed by atoms with Gasteiger partial charge in [0.05, 0.1) is 0 Å². The third kappa shape index (κ3) is 9.08. The van der Waals surface area contributed by atoms with Crippen LogP contribution in [-0.4, -0.2) is 11.1 Å². The second kappa shape index (κ2) is 11.8. The van der Waals surface area contributed by atoms with Gasteiger partial charge in [0.15, 0.2) is 0 Å². The Morgan fingerprint density at radius 3 is 2.56 bits per heavy atom. The third-order valence-corrected chi connectivity index (χ3v) is 5.35. The lowest BCUT2D eigenvalue weighted by Gasteiger charge is -2.33. The number of carboxylic acid groups (broad SMARTS) is 1. The lowest BCUT2D eigenvalue weighted by molar-refractivity contribution is -0.131. The molecule has 0 saturated heterocycles. The minimum atomic E-state index is -0.900. The molecule has 0 radical (unpaired) electrons. The minimum absolute atomic E-state index is 0.253. The maximum absolute atomic E-state index is 10.7. The lowest BCUT2D eigenvalue weighted by Crippen LogP contribution is -2.19. The predicted octanol–water partition coefficient (Wildman–Crippen LogP) is 7.55. The fraction of sp³-hybridized carbons (Fsp3) is 0.560. The Kier molecular flexibility index (Phi) is 10.1. The molecule has 0 aliphatic heterocycles. The normalized spacial score (nSPS) is 18.7. The summed E-state index contributed by atoms with van der Waals surface area (Å²) in [6.07, 6.45) is 21.6. The summed E-state index contributed by atoms with van der Waals surface area (Å²) in [5.74, 6) is -0.900. The van der Waals surface area contributed by atoms with Crippen molar-refractivity contribution >= 4 is 5.97 Å². The molecule has 1 N–H and O–H groups in total. The van der Waals surface area contributed by atoms with Crippen LogP contribution in [-0.2, 0) is 4.79 Å². The van der Waals surface area contributed by atoms with Crippen LogP contribution in [0.3, 0.4) is 0 Å². The fourth-order valence-electron chi connectivity index (χ4n) is 3.75. The Labute approximate surface area is 166 Å². The van der Waals surface area contributed by atoms with E-state index < -0.39 is 5.97 Å². The van der Waals surface area contributed by atoms with Crippen molar-refractivity contribution in [3.63, 3.8) is 0 Å². The van der Waals surface area contributed by atoms with Crippen molar-refractivity contribution in [1.29, 1.82) is 0 Å². The Hall–Kier alpha value is -1.83. The standard InChI is InChI=1S/C25H38O2/c1-6-7-8-9-14-22(15-10-12-20(2)19-24(26)27)16-17-23-21(3)13-11-18-25(23,4)5/h10,12,15-17,19H,6-9,11,13-14,18H2,1-5H3,(H,26,27)/b12-10+,17-16+,20-19+,22-15-. The summed E-state index contributed by atoms with van der Waals surface area (Å²) in [6.45, 7) is 11.0. The predicted molar refractivity (Wildman–Crippen MR) is 117 cm³/mol. The van der Waals surface area contributed by atoms with Gasteiger partial charge in [-0.3, -0.25) is 0 Å². The third-order valence-electron chi connectivity index (χ3n) is 5.35. The van der Waals surface area contributed by atoms with Gasteiger partial charge >= 0.3 is 5.97 Å². The monoisotopic (exact) mass is 370 g/mol. The zero-order chi connectivity index (χ0) is 20.3. The molecular formula is C25H38O2. The molecule has 0 unspecified atom stereocenters. The quantitative estimate of drug-likeness (QED) is 0.245. The van der Waals surface area contributed by atoms with Crippen LogP contribution in [0, 0.1) is 5.41 Å². The van der Waals surface area contributed by atoms with Crippen molar-refractivity contribution in [2.75, 3.05) is 0 Å². The molecule has 2 heteroatoms. The number of rotatable bonds is 10. The SMILES string of the molecule is CCCCCCC(=C/C=C/C(C)=C/C(=O)O)/C=C/C1=C(C)CCCC1(C)C. The summed E-state index contributed by atoms with van der Waals surface area (Å²) in [6, 6.07) is 0. The molecule has 0 aromatic heterocycles. The van der Waals surface area contributed by atoms with Crippen LogP contribution in [0.5, 0.6) is 0 Å². The van der Waals surface area contributed by atoms with Crippen LogP contribution in [0.1, 0.15) is 86.0 Å². The first-order valence-corrected chi connectivity index (χ1v) is 10.4. The average molecular weight is 371 g/mol. The Morgan fingerprint density at radius 1 is 1.19 bits per heavy atom. The van der Waals surface area contributed by atoms with E-state index in [1.807, 2.05) is 19.1 Å². The first kappa shape index (κ1) is 23.2. The van der Waals surface area contributed by atoms with Crippen molar-refractivity contribution in [2.24, 2.45) is 5.41 Å². The highest BCUT2D eigenvalue weighted by Crippen LogP contribution is 2.40. The topological polar surface area (TPSA) is 37.3 Å². The van der Waals surface area contributed by atoms with E-state index in [9.17, 15) is 4.79 Å². The highest BCUT2D eigenvalue weighted by Gasteiger charge is 2.26. The number of unbranched alkanes of at least 4 members (excludes halogenated alkanes) is 3. The Morgan fingerprint density at radius 2 is 1.93 bits per heavy atom. The average Bonchev–Trinajstić information content (AvgIpc) is 2.56. The second-order valence-corrected chi connectivity index (χ2v) is 8.40. The summed E-state index contributed by atoms with van der Waals surface area (Å²) in [4.78, 5) is 10.7. The molecule has 2 nitrogen and oxygen atoms in total. The van der Waals surface area contributed by atoms with E-state index in [0.29, 0.717) is 0 Å². The number of hydrogen-bond acceptors (Lipinski definition) is 1. The van der Waals surface area contributed by atoms with Crippen LogP contribution in [0.15, 0.2) is 58.7 Å². The maximum atomic E-state index is 10.7. The van der Waals surface area contributed by atoms with Crippen LogP contribution >= 0.6 is 0 Å². The van der Waals surface area contributed by atoms with Crippen LogP contribution < -0.4 is 0 Å².